The second-order valence-corrected chi connectivity index (χ2v) is 5.51. The van der Waals surface area contributed by atoms with Gasteiger partial charge < -0.3 is 4.74 Å². The van der Waals surface area contributed by atoms with Crippen molar-refractivity contribution in [2.75, 3.05) is 6.61 Å². The molecular weight excluding hydrogens is 282 g/mol. The molecule has 0 saturated carbocycles. The highest BCUT2D eigenvalue weighted by Crippen LogP contribution is 2.30. The molecular formula is C17H15NO2S. The highest BCUT2D eigenvalue weighted by atomic mass is 32.1. The molecule has 0 fully saturated rings. The molecule has 0 saturated heterocycles. The number of ether oxygens (including phenoxy) is 1. The number of esters is 1. The van der Waals surface area contributed by atoms with Crippen molar-refractivity contribution in [2.24, 2.45) is 0 Å². The molecule has 0 radical (unpaired) electrons. The van der Waals surface area contributed by atoms with Gasteiger partial charge in [0.2, 0.25) is 0 Å². The zero-order chi connectivity index (χ0) is 14.7. The smallest absolute Gasteiger partial charge is 0.311 e. The van der Waals surface area contributed by atoms with Crippen molar-refractivity contribution in [1.29, 1.82) is 0 Å². The highest BCUT2D eigenvalue weighted by molar-refractivity contribution is 7.13. The van der Waals surface area contributed by atoms with E-state index in [9.17, 15) is 4.79 Å². The lowest BCUT2D eigenvalue weighted by Gasteiger charge is -2.03. The van der Waals surface area contributed by atoms with Gasteiger partial charge in [-0.1, -0.05) is 42.5 Å². The van der Waals surface area contributed by atoms with Crippen LogP contribution in [0.3, 0.4) is 0 Å². The molecule has 0 aliphatic rings. The quantitative estimate of drug-likeness (QED) is 0.681. The largest absolute Gasteiger partial charge is 0.466 e. The molecule has 2 aromatic carbocycles. The predicted octanol–water partition coefficient (Wildman–Crippen LogP) is 4.07. The molecule has 0 amide bonds. The van der Waals surface area contributed by atoms with Gasteiger partial charge in [0, 0.05) is 10.9 Å². The molecule has 0 aliphatic heterocycles. The number of aromatic nitrogens is 1. The lowest BCUT2D eigenvalue weighted by atomic mass is 10.1. The summed E-state index contributed by atoms with van der Waals surface area (Å²) in [5.41, 5.74) is 1.87. The Kier molecular flexibility index (Phi) is 3.97. The van der Waals surface area contributed by atoms with E-state index in [-0.39, 0.29) is 12.4 Å². The molecule has 0 atom stereocenters. The Morgan fingerprint density at radius 1 is 1.19 bits per heavy atom. The molecule has 1 heterocycles. The summed E-state index contributed by atoms with van der Waals surface area (Å²) < 4.78 is 4.96. The molecule has 0 aliphatic carbocycles. The first kappa shape index (κ1) is 13.8. The maximum atomic E-state index is 11.5. The van der Waals surface area contributed by atoms with Gasteiger partial charge in [0.1, 0.15) is 5.01 Å². The van der Waals surface area contributed by atoms with Crippen molar-refractivity contribution in [3.05, 3.63) is 53.5 Å². The van der Waals surface area contributed by atoms with Crippen LogP contribution in [-0.4, -0.2) is 17.6 Å². The third kappa shape index (κ3) is 2.95. The van der Waals surface area contributed by atoms with Gasteiger partial charge in [-0.25, -0.2) is 4.98 Å². The van der Waals surface area contributed by atoms with Crippen LogP contribution in [0.4, 0.5) is 0 Å². The van der Waals surface area contributed by atoms with Crippen LogP contribution in [0, 0.1) is 0 Å². The fourth-order valence-corrected chi connectivity index (χ4v) is 3.14. The zero-order valence-corrected chi connectivity index (χ0v) is 12.5. The Hall–Kier alpha value is -2.20. The molecule has 3 nitrogen and oxygen atoms in total. The van der Waals surface area contributed by atoms with E-state index in [1.165, 1.54) is 10.8 Å². The lowest BCUT2D eigenvalue weighted by Crippen LogP contribution is -2.07. The number of hydrogen-bond donors (Lipinski definition) is 0. The van der Waals surface area contributed by atoms with Gasteiger partial charge >= 0.3 is 5.97 Å². The molecule has 3 rings (SSSR count). The Morgan fingerprint density at radius 3 is 2.86 bits per heavy atom. The van der Waals surface area contributed by atoms with Crippen LogP contribution >= 0.6 is 11.3 Å². The first-order valence-corrected chi connectivity index (χ1v) is 7.74. The van der Waals surface area contributed by atoms with E-state index >= 15 is 0 Å². The third-order valence-corrected chi connectivity index (χ3v) is 4.13. The van der Waals surface area contributed by atoms with Crippen LogP contribution in [0.25, 0.3) is 21.3 Å². The summed E-state index contributed by atoms with van der Waals surface area (Å²) in [6, 6.07) is 14.4. The van der Waals surface area contributed by atoms with Gasteiger partial charge in [-0.2, -0.15) is 0 Å². The molecule has 0 bridgehead atoms. The van der Waals surface area contributed by atoms with E-state index in [1.54, 1.807) is 18.3 Å². The van der Waals surface area contributed by atoms with E-state index in [4.69, 9.17) is 4.74 Å². The van der Waals surface area contributed by atoms with E-state index < -0.39 is 0 Å². The first-order valence-electron chi connectivity index (χ1n) is 6.86. The van der Waals surface area contributed by atoms with Crippen molar-refractivity contribution < 1.29 is 9.53 Å². The van der Waals surface area contributed by atoms with E-state index in [1.807, 2.05) is 23.6 Å². The van der Waals surface area contributed by atoms with Gasteiger partial charge in [0.15, 0.2) is 0 Å². The molecule has 1 aromatic heterocycles. The van der Waals surface area contributed by atoms with E-state index in [0.29, 0.717) is 6.61 Å². The molecule has 0 unspecified atom stereocenters. The van der Waals surface area contributed by atoms with Gasteiger partial charge in [0.05, 0.1) is 18.7 Å². The van der Waals surface area contributed by atoms with Crippen molar-refractivity contribution in [3.63, 3.8) is 0 Å². The molecule has 0 N–H and O–H groups in total. The van der Waals surface area contributed by atoms with Crippen molar-refractivity contribution >= 4 is 28.1 Å². The number of rotatable bonds is 4. The summed E-state index contributed by atoms with van der Waals surface area (Å²) in [6.07, 6.45) is 0.231. The Bertz CT molecular complexity index is 774. The topological polar surface area (TPSA) is 39.2 Å². The average molecular weight is 297 g/mol. The fourth-order valence-electron chi connectivity index (χ4n) is 2.28. The van der Waals surface area contributed by atoms with Crippen LogP contribution in [0.1, 0.15) is 12.6 Å². The van der Waals surface area contributed by atoms with Gasteiger partial charge in [-0.05, 0) is 17.7 Å². The van der Waals surface area contributed by atoms with Crippen LogP contribution in [0.2, 0.25) is 0 Å². The second kappa shape index (κ2) is 6.06. The van der Waals surface area contributed by atoms with Crippen molar-refractivity contribution in [1.82, 2.24) is 4.98 Å². The SMILES string of the molecule is CCOC(=O)Cc1csc(-c2cccc3ccccc23)n1. The Balaban J connectivity index is 1.93. The van der Waals surface area contributed by atoms with Crippen LogP contribution in [-0.2, 0) is 16.0 Å². The number of carbonyl (C=O) groups excluding carboxylic acids is 1. The molecule has 106 valence electrons. The summed E-state index contributed by atoms with van der Waals surface area (Å²) in [5, 5.41) is 5.23. The van der Waals surface area contributed by atoms with E-state index in [0.717, 1.165) is 16.3 Å². The van der Waals surface area contributed by atoms with Crippen molar-refractivity contribution in [3.8, 4) is 10.6 Å². The lowest BCUT2D eigenvalue weighted by molar-refractivity contribution is -0.142. The molecule has 3 aromatic rings. The molecule has 0 spiro atoms. The van der Waals surface area contributed by atoms with Crippen LogP contribution in [0.15, 0.2) is 47.8 Å². The third-order valence-electron chi connectivity index (χ3n) is 3.20. The zero-order valence-electron chi connectivity index (χ0n) is 11.7. The molecule has 21 heavy (non-hydrogen) atoms. The van der Waals surface area contributed by atoms with Crippen molar-refractivity contribution in [2.45, 2.75) is 13.3 Å². The van der Waals surface area contributed by atoms with Gasteiger partial charge in [-0.3, -0.25) is 4.79 Å². The monoisotopic (exact) mass is 297 g/mol. The number of carbonyl (C=O) groups is 1. The maximum Gasteiger partial charge on any atom is 0.311 e. The normalized spacial score (nSPS) is 10.7. The highest BCUT2D eigenvalue weighted by Gasteiger charge is 2.11. The summed E-state index contributed by atoms with van der Waals surface area (Å²) >= 11 is 1.56. The Morgan fingerprint density at radius 2 is 2.00 bits per heavy atom. The number of thiazole rings is 1. The summed E-state index contributed by atoms with van der Waals surface area (Å²) in [4.78, 5) is 16.1. The molecule has 4 heteroatoms. The van der Waals surface area contributed by atoms with Crippen LogP contribution < -0.4 is 0 Å². The maximum absolute atomic E-state index is 11.5. The number of hydrogen-bond acceptors (Lipinski definition) is 4. The minimum Gasteiger partial charge on any atom is -0.466 e. The van der Waals surface area contributed by atoms with Crippen LogP contribution in [0.5, 0.6) is 0 Å². The first-order chi connectivity index (χ1) is 10.3. The summed E-state index contributed by atoms with van der Waals surface area (Å²) in [5.74, 6) is -0.229. The summed E-state index contributed by atoms with van der Waals surface area (Å²) in [7, 11) is 0. The minimum atomic E-state index is -0.229. The van der Waals surface area contributed by atoms with Gasteiger partial charge in [-0.15, -0.1) is 11.3 Å². The minimum absolute atomic E-state index is 0.229. The standard InChI is InChI=1S/C17H15NO2S/c1-2-20-16(19)10-13-11-21-17(18-13)15-9-5-7-12-6-3-4-8-14(12)15/h3-9,11H,2,10H2,1H3. The predicted molar refractivity (Wildman–Crippen MR) is 85.4 cm³/mol. The summed E-state index contributed by atoms with van der Waals surface area (Å²) in [6.45, 7) is 2.21. The van der Waals surface area contributed by atoms with E-state index in [2.05, 4.69) is 29.2 Å². The second-order valence-electron chi connectivity index (χ2n) is 4.65. The number of benzene rings is 2. The fraction of sp³-hybridized carbons (Fsp3) is 0.176. The van der Waals surface area contributed by atoms with Gasteiger partial charge in [0.25, 0.3) is 0 Å². The number of nitrogens with zero attached hydrogens (tertiary/aromatic N) is 1. The average Bonchev–Trinajstić information content (AvgIpc) is 2.95. The Labute approximate surface area is 127 Å². The number of fused-ring (bicyclic) bond motifs is 1.